The van der Waals surface area contributed by atoms with Crippen molar-refractivity contribution in [2.24, 2.45) is 13.0 Å². The number of halogens is 1. The Kier molecular flexibility index (Phi) is 3.89. The smallest absolute Gasteiger partial charge is 0.307 e. The first-order chi connectivity index (χ1) is 9.06. The van der Waals surface area contributed by atoms with Gasteiger partial charge in [-0.25, -0.2) is 9.37 Å². The molecule has 1 atom stereocenters. The molecule has 0 aliphatic carbocycles. The number of carbonyl (C=O) groups is 1. The summed E-state index contributed by atoms with van der Waals surface area (Å²) in [6.45, 7) is 0. The van der Waals surface area contributed by atoms with Crippen LogP contribution in [0.2, 0.25) is 0 Å². The summed E-state index contributed by atoms with van der Waals surface area (Å²) in [5, 5.41) is 13.2. The fraction of sp³-hybridized carbons (Fsp3) is 0.308. The lowest BCUT2D eigenvalue weighted by Gasteiger charge is -2.11. The molecule has 2 rings (SSSR count). The van der Waals surface area contributed by atoms with E-state index in [4.69, 9.17) is 0 Å². The second-order valence-corrected chi connectivity index (χ2v) is 4.37. The quantitative estimate of drug-likeness (QED) is 0.886. The fourth-order valence-corrected chi connectivity index (χ4v) is 1.88. The van der Waals surface area contributed by atoms with Crippen LogP contribution >= 0.6 is 0 Å². The van der Waals surface area contributed by atoms with Gasteiger partial charge < -0.3 is 5.11 Å². The van der Waals surface area contributed by atoms with Crippen LogP contribution in [0.3, 0.4) is 0 Å². The number of nitrogens with zero attached hydrogens (tertiary/aromatic N) is 3. The highest BCUT2D eigenvalue weighted by Gasteiger charge is 2.20. The monoisotopic (exact) mass is 263 g/mol. The lowest BCUT2D eigenvalue weighted by atomic mass is 9.96. The first-order valence-electron chi connectivity index (χ1n) is 5.86. The third-order valence-corrected chi connectivity index (χ3v) is 2.98. The lowest BCUT2D eigenvalue weighted by Crippen LogP contribution is -2.21. The highest BCUT2D eigenvalue weighted by atomic mass is 19.1. The summed E-state index contributed by atoms with van der Waals surface area (Å²) >= 11 is 0. The summed E-state index contributed by atoms with van der Waals surface area (Å²) in [6, 6.07) is 5.86. The van der Waals surface area contributed by atoms with Crippen LogP contribution in [0.25, 0.3) is 0 Å². The van der Waals surface area contributed by atoms with Crippen LogP contribution in [0.5, 0.6) is 0 Å². The van der Waals surface area contributed by atoms with Gasteiger partial charge in [-0.2, -0.15) is 5.10 Å². The van der Waals surface area contributed by atoms with Gasteiger partial charge in [0, 0.05) is 13.5 Å². The Labute approximate surface area is 109 Å². The topological polar surface area (TPSA) is 68.0 Å². The summed E-state index contributed by atoms with van der Waals surface area (Å²) in [6.07, 6.45) is 2.03. The van der Waals surface area contributed by atoms with E-state index in [1.807, 2.05) is 0 Å². The molecule has 0 fully saturated rings. The van der Waals surface area contributed by atoms with Crippen molar-refractivity contribution < 1.29 is 14.3 Å². The highest BCUT2D eigenvalue weighted by Crippen LogP contribution is 2.14. The molecular weight excluding hydrogens is 249 g/mol. The molecule has 1 heterocycles. The number of benzene rings is 1. The first kappa shape index (κ1) is 13.2. The van der Waals surface area contributed by atoms with Crippen molar-refractivity contribution >= 4 is 5.97 Å². The average molecular weight is 263 g/mol. The zero-order valence-electron chi connectivity index (χ0n) is 10.5. The SMILES string of the molecule is Cn1ncnc1CC(Cc1ccc(F)cc1)C(=O)O. The van der Waals surface area contributed by atoms with Gasteiger partial charge in [0.2, 0.25) is 0 Å². The third kappa shape index (κ3) is 3.37. The molecule has 5 nitrogen and oxygen atoms in total. The van der Waals surface area contributed by atoms with Crippen LogP contribution < -0.4 is 0 Å². The molecule has 0 amide bonds. The minimum atomic E-state index is -0.896. The van der Waals surface area contributed by atoms with Gasteiger partial charge in [-0.1, -0.05) is 12.1 Å². The minimum Gasteiger partial charge on any atom is -0.481 e. The molecular formula is C13H14FN3O2. The van der Waals surface area contributed by atoms with Crippen LogP contribution in [-0.2, 0) is 24.7 Å². The Morgan fingerprint density at radius 2 is 2.05 bits per heavy atom. The summed E-state index contributed by atoms with van der Waals surface area (Å²) in [5.74, 6) is -1.21. The Hall–Kier alpha value is -2.24. The normalized spacial score (nSPS) is 12.3. The van der Waals surface area contributed by atoms with Crippen molar-refractivity contribution in [3.8, 4) is 0 Å². The van der Waals surface area contributed by atoms with E-state index in [2.05, 4.69) is 10.1 Å². The first-order valence-corrected chi connectivity index (χ1v) is 5.86. The molecule has 0 aliphatic heterocycles. The Morgan fingerprint density at radius 1 is 1.37 bits per heavy atom. The van der Waals surface area contributed by atoms with Gasteiger partial charge in [-0.15, -0.1) is 0 Å². The van der Waals surface area contributed by atoms with Crippen LogP contribution in [0.1, 0.15) is 11.4 Å². The van der Waals surface area contributed by atoms with E-state index in [0.29, 0.717) is 18.7 Å². The predicted molar refractivity (Wildman–Crippen MR) is 65.9 cm³/mol. The molecule has 0 saturated carbocycles. The molecule has 1 N–H and O–H groups in total. The Morgan fingerprint density at radius 3 is 2.58 bits per heavy atom. The van der Waals surface area contributed by atoms with Crippen molar-refractivity contribution in [1.29, 1.82) is 0 Å². The van der Waals surface area contributed by atoms with Gasteiger partial charge in [0.15, 0.2) is 0 Å². The van der Waals surface area contributed by atoms with Crippen molar-refractivity contribution in [3.05, 3.63) is 47.8 Å². The molecule has 0 spiro atoms. The predicted octanol–water partition coefficient (Wildman–Crippen LogP) is 1.44. The number of rotatable bonds is 5. The maximum atomic E-state index is 12.8. The number of hydrogen-bond acceptors (Lipinski definition) is 3. The second kappa shape index (κ2) is 5.60. The van der Waals surface area contributed by atoms with Gasteiger partial charge in [0.25, 0.3) is 0 Å². The zero-order valence-corrected chi connectivity index (χ0v) is 10.5. The van der Waals surface area contributed by atoms with Crippen LogP contribution in [0.4, 0.5) is 4.39 Å². The zero-order chi connectivity index (χ0) is 13.8. The summed E-state index contributed by atoms with van der Waals surface area (Å²) < 4.78 is 14.4. The molecule has 100 valence electrons. The largest absolute Gasteiger partial charge is 0.481 e. The average Bonchev–Trinajstić information content (AvgIpc) is 2.77. The molecule has 2 aromatic rings. The van der Waals surface area contributed by atoms with E-state index in [1.54, 1.807) is 23.9 Å². The van der Waals surface area contributed by atoms with Gasteiger partial charge >= 0.3 is 5.97 Å². The lowest BCUT2D eigenvalue weighted by molar-refractivity contribution is -0.141. The maximum absolute atomic E-state index is 12.8. The number of carboxylic acid groups (broad SMARTS) is 1. The Balaban J connectivity index is 2.10. The standard InChI is InChI=1S/C13H14FN3O2/c1-17-12(15-8-16-17)7-10(13(18)19)6-9-2-4-11(14)5-3-9/h2-5,8,10H,6-7H2,1H3,(H,18,19). The molecule has 0 radical (unpaired) electrons. The van der Waals surface area contributed by atoms with E-state index in [1.165, 1.54) is 18.5 Å². The molecule has 0 saturated heterocycles. The highest BCUT2D eigenvalue weighted by molar-refractivity contribution is 5.70. The van der Waals surface area contributed by atoms with Gasteiger partial charge in [0.05, 0.1) is 5.92 Å². The molecule has 6 heteroatoms. The van der Waals surface area contributed by atoms with Crippen LogP contribution in [0, 0.1) is 11.7 Å². The summed E-state index contributed by atoms with van der Waals surface area (Å²) in [7, 11) is 1.72. The number of aliphatic carboxylic acids is 1. The number of hydrogen-bond donors (Lipinski definition) is 1. The molecule has 1 aromatic carbocycles. The third-order valence-electron chi connectivity index (χ3n) is 2.98. The van der Waals surface area contributed by atoms with Crippen molar-refractivity contribution in [2.45, 2.75) is 12.8 Å². The molecule has 0 aliphatic rings. The summed E-state index contributed by atoms with van der Waals surface area (Å²) in [5.41, 5.74) is 0.788. The van der Waals surface area contributed by atoms with E-state index in [0.717, 1.165) is 5.56 Å². The number of aromatic nitrogens is 3. The van der Waals surface area contributed by atoms with E-state index < -0.39 is 11.9 Å². The molecule has 19 heavy (non-hydrogen) atoms. The summed E-state index contributed by atoms with van der Waals surface area (Å²) in [4.78, 5) is 15.3. The van der Waals surface area contributed by atoms with Crippen molar-refractivity contribution in [2.75, 3.05) is 0 Å². The van der Waals surface area contributed by atoms with Crippen LogP contribution in [0.15, 0.2) is 30.6 Å². The molecule has 1 unspecified atom stereocenters. The van der Waals surface area contributed by atoms with Crippen LogP contribution in [-0.4, -0.2) is 25.8 Å². The van der Waals surface area contributed by atoms with Gasteiger partial charge in [-0.05, 0) is 24.1 Å². The molecule has 0 bridgehead atoms. The van der Waals surface area contributed by atoms with Gasteiger partial charge in [-0.3, -0.25) is 9.48 Å². The maximum Gasteiger partial charge on any atom is 0.307 e. The molecule has 1 aromatic heterocycles. The number of aryl methyl sites for hydroxylation is 1. The Bertz CT molecular complexity index is 566. The minimum absolute atomic E-state index is 0.295. The second-order valence-electron chi connectivity index (χ2n) is 4.37. The fourth-order valence-electron chi connectivity index (χ4n) is 1.88. The van der Waals surface area contributed by atoms with E-state index in [-0.39, 0.29) is 5.82 Å². The van der Waals surface area contributed by atoms with E-state index in [9.17, 15) is 14.3 Å². The van der Waals surface area contributed by atoms with Crippen molar-refractivity contribution in [1.82, 2.24) is 14.8 Å². The van der Waals surface area contributed by atoms with Crippen molar-refractivity contribution in [3.63, 3.8) is 0 Å². The van der Waals surface area contributed by atoms with Gasteiger partial charge in [0.1, 0.15) is 18.0 Å². The van der Waals surface area contributed by atoms with E-state index >= 15 is 0 Å². The number of carboxylic acids is 1.